The molecule has 0 aliphatic carbocycles. The predicted octanol–water partition coefficient (Wildman–Crippen LogP) is 2.92. The summed E-state index contributed by atoms with van der Waals surface area (Å²) in [6.45, 7) is 1.21. The van der Waals surface area contributed by atoms with Gasteiger partial charge in [0.15, 0.2) is 0 Å². The minimum atomic E-state index is -2.39. The monoisotopic (exact) mass is 272 g/mol. The quantitative estimate of drug-likeness (QED) is 0.365. The van der Waals surface area contributed by atoms with E-state index in [2.05, 4.69) is 5.16 Å². The van der Waals surface area contributed by atoms with Gasteiger partial charge in [-0.15, -0.1) is 0 Å². The van der Waals surface area contributed by atoms with E-state index < -0.39 is 6.49 Å². The molecule has 0 heterocycles. The molecule has 0 spiro atoms. The van der Waals surface area contributed by atoms with Crippen molar-refractivity contribution in [1.29, 1.82) is 0 Å². The van der Waals surface area contributed by atoms with Crippen LogP contribution in [0.2, 0.25) is 0 Å². The van der Waals surface area contributed by atoms with E-state index in [1.165, 1.54) is 0 Å². The second-order valence-electron chi connectivity index (χ2n) is 3.79. The highest BCUT2D eigenvalue weighted by Gasteiger charge is 2.14. The molecule has 0 aliphatic heterocycles. The van der Waals surface area contributed by atoms with Crippen LogP contribution in [0.1, 0.15) is 6.92 Å². The molecule has 1 atom stereocenters. The maximum absolute atomic E-state index is 5.61. The van der Waals surface area contributed by atoms with Gasteiger partial charge in [0.05, 0.1) is 0 Å². The number of para-hydroxylation sites is 1. The Morgan fingerprint density at radius 3 is 2.41 bits per heavy atom. The molecule has 0 N–H and O–H groups in total. The van der Waals surface area contributed by atoms with E-state index in [-0.39, 0.29) is 0 Å². The molecule has 6 heteroatoms. The smallest absolute Gasteiger partial charge is 0.309 e. The lowest BCUT2D eigenvalue weighted by Gasteiger charge is -2.17. The summed E-state index contributed by atoms with van der Waals surface area (Å²) in [5.41, 5.74) is 0. The van der Waals surface area contributed by atoms with E-state index >= 15 is 0 Å². The van der Waals surface area contributed by atoms with Crippen LogP contribution in [-0.2, 0) is 16.4 Å². The molecule has 1 aromatic carbocycles. The molecule has 0 radical (unpaired) electrons. The van der Waals surface area contributed by atoms with Crippen molar-refractivity contribution in [3.63, 3.8) is 0 Å². The zero-order valence-electron chi connectivity index (χ0n) is 10.5. The molecule has 0 fully saturated rings. The average molecular weight is 272 g/mol. The highest BCUT2D eigenvalue weighted by molar-refractivity contribution is 8.09. The first kappa shape index (κ1) is 14.0. The number of oxime groups is 1. The average Bonchev–Trinajstić information content (AvgIpc) is 2.26. The van der Waals surface area contributed by atoms with Crippen molar-refractivity contribution in [2.75, 3.05) is 20.8 Å². The molecular formula is C11H17N2O2PS. The molecule has 0 aliphatic rings. The fraction of sp³-hybridized carbons (Fsp3) is 0.364. The number of hydrogen-bond acceptors (Lipinski definition) is 4. The molecule has 1 aromatic rings. The molecule has 1 unspecified atom stereocenters. The molecule has 1 rings (SSSR count). The maximum atomic E-state index is 5.61. The zero-order chi connectivity index (χ0) is 12.9. The van der Waals surface area contributed by atoms with Crippen LogP contribution in [0.4, 0.5) is 0 Å². The topological polar surface area (TPSA) is 34.1 Å². The molecule has 0 aromatic heterocycles. The Morgan fingerprint density at radius 1 is 1.29 bits per heavy atom. The number of amidine groups is 1. The van der Waals surface area contributed by atoms with Crippen molar-refractivity contribution in [3.8, 4) is 5.75 Å². The Hall–Kier alpha value is -1.06. The third-order valence-electron chi connectivity index (χ3n) is 1.98. The Kier molecular flexibility index (Phi) is 4.97. The van der Waals surface area contributed by atoms with Crippen LogP contribution < -0.4 is 4.52 Å². The summed E-state index contributed by atoms with van der Waals surface area (Å²) < 4.78 is 10.9. The Bertz CT molecular complexity index is 434. The minimum Gasteiger partial charge on any atom is -0.434 e. The van der Waals surface area contributed by atoms with E-state index in [4.69, 9.17) is 21.0 Å². The van der Waals surface area contributed by atoms with Gasteiger partial charge in [-0.1, -0.05) is 23.4 Å². The van der Waals surface area contributed by atoms with Gasteiger partial charge in [-0.05, 0) is 30.9 Å². The van der Waals surface area contributed by atoms with Crippen LogP contribution >= 0.6 is 6.49 Å². The first-order chi connectivity index (χ1) is 7.91. The number of nitrogens with zero attached hydrogens (tertiary/aromatic N) is 2. The van der Waals surface area contributed by atoms with Crippen LogP contribution in [0.15, 0.2) is 35.5 Å². The van der Waals surface area contributed by atoms with Crippen molar-refractivity contribution in [1.82, 2.24) is 4.90 Å². The SMILES string of the molecule is C/C(=N\OP(C)(=S)Oc1ccccc1)N(C)C. The van der Waals surface area contributed by atoms with Crippen molar-refractivity contribution >= 4 is 24.1 Å². The molecular weight excluding hydrogens is 255 g/mol. The van der Waals surface area contributed by atoms with Gasteiger partial charge >= 0.3 is 6.49 Å². The molecule has 0 amide bonds. The van der Waals surface area contributed by atoms with Crippen LogP contribution in [0.3, 0.4) is 0 Å². The molecule has 17 heavy (non-hydrogen) atoms. The summed E-state index contributed by atoms with van der Waals surface area (Å²) in [6.07, 6.45) is 0. The summed E-state index contributed by atoms with van der Waals surface area (Å²) in [5.74, 6) is 1.45. The molecule has 0 saturated heterocycles. The van der Waals surface area contributed by atoms with Crippen LogP contribution in [0.5, 0.6) is 5.75 Å². The lowest BCUT2D eigenvalue weighted by Crippen LogP contribution is -2.18. The van der Waals surface area contributed by atoms with Crippen LogP contribution in [0.25, 0.3) is 0 Å². The van der Waals surface area contributed by atoms with Crippen LogP contribution in [0, 0.1) is 0 Å². The van der Waals surface area contributed by atoms with Gasteiger partial charge < -0.3 is 14.0 Å². The van der Waals surface area contributed by atoms with E-state index in [0.717, 1.165) is 5.84 Å². The highest BCUT2D eigenvalue weighted by Crippen LogP contribution is 2.44. The third-order valence-corrected chi connectivity index (χ3v) is 3.33. The predicted molar refractivity (Wildman–Crippen MR) is 75.2 cm³/mol. The fourth-order valence-electron chi connectivity index (χ4n) is 0.904. The number of rotatable bonds is 4. The highest BCUT2D eigenvalue weighted by atomic mass is 32.5. The Labute approximate surface area is 107 Å². The van der Waals surface area contributed by atoms with E-state index in [9.17, 15) is 0 Å². The van der Waals surface area contributed by atoms with Crippen molar-refractivity contribution < 1.29 is 9.15 Å². The van der Waals surface area contributed by atoms with Crippen molar-refractivity contribution in [2.24, 2.45) is 5.16 Å². The zero-order valence-corrected chi connectivity index (χ0v) is 12.2. The number of hydrogen-bond donors (Lipinski definition) is 0. The summed E-state index contributed by atoms with van der Waals surface area (Å²) in [7, 11) is 3.78. The minimum absolute atomic E-state index is 0.705. The maximum Gasteiger partial charge on any atom is 0.309 e. The van der Waals surface area contributed by atoms with Gasteiger partial charge in [0.1, 0.15) is 11.6 Å². The van der Waals surface area contributed by atoms with Gasteiger partial charge in [-0.2, -0.15) is 0 Å². The third kappa shape index (κ3) is 5.20. The Morgan fingerprint density at radius 2 is 1.88 bits per heavy atom. The normalized spacial score (nSPS) is 14.9. The first-order valence-corrected chi connectivity index (χ1v) is 8.22. The Balaban J connectivity index is 2.64. The van der Waals surface area contributed by atoms with Gasteiger partial charge in [-0.3, -0.25) is 0 Å². The standard InChI is InChI=1S/C11H17N2O2PS/c1-10(13(2)3)12-15-16(4,17)14-11-8-6-5-7-9-11/h5-9H,1-4H3/b12-10+. The van der Waals surface area contributed by atoms with Gasteiger partial charge in [0.25, 0.3) is 0 Å². The largest absolute Gasteiger partial charge is 0.434 e. The summed E-state index contributed by atoms with van der Waals surface area (Å²) in [4.78, 5) is 1.85. The van der Waals surface area contributed by atoms with E-state index in [0.29, 0.717) is 5.75 Å². The van der Waals surface area contributed by atoms with Gasteiger partial charge in [-0.25, -0.2) is 0 Å². The van der Waals surface area contributed by atoms with Crippen molar-refractivity contribution in [2.45, 2.75) is 6.92 Å². The van der Waals surface area contributed by atoms with E-state index in [1.807, 2.05) is 56.3 Å². The van der Waals surface area contributed by atoms with Gasteiger partial charge in [0, 0.05) is 20.8 Å². The number of benzene rings is 1. The summed E-state index contributed by atoms with van der Waals surface area (Å²) >= 11 is 5.27. The summed E-state index contributed by atoms with van der Waals surface area (Å²) in [6, 6.07) is 9.38. The second-order valence-corrected chi connectivity index (χ2v) is 7.67. The molecule has 0 saturated carbocycles. The summed E-state index contributed by atoms with van der Waals surface area (Å²) in [5, 5.41) is 3.95. The first-order valence-electron chi connectivity index (χ1n) is 5.13. The van der Waals surface area contributed by atoms with E-state index in [1.54, 1.807) is 6.66 Å². The van der Waals surface area contributed by atoms with Gasteiger partial charge in [0.2, 0.25) is 0 Å². The fourth-order valence-corrected chi connectivity index (χ4v) is 2.07. The molecule has 4 nitrogen and oxygen atoms in total. The lowest BCUT2D eigenvalue weighted by atomic mass is 10.3. The lowest BCUT2D eigenvalue weighted by molar-refractivity contribution is 0.328. The molecule has 0 bridgehead atoms. The van der Waals surface area contributed by atoms with Crippen molar-refractivity contribution in [3.05, 3.63) is 30.3 Å². The molecule has 94 valence electrons. The second kappa shape index (κ2) is 6.03. The van der Waals surface area contributed by atoms with Crippen LogP contribution in [-0.4, -0.2) is 31.5 Å².